The average Bonchev–Trinajstić information content (AvgIpc) is 2.30. The minimum absolute atomic E-state index is 0. The molecule has 0 aromatic heterocycles. The van der Waals surface area contributed by atoms with Crippen molar-refractivity contribution in [2.24, 2.45) is 11.7 Å². The third-order valence-corrected chi connectivity index (χ3v) is 3.24. The molecule has 0 spiro atoms. The number of rotatable bonds is 4. The molecule has 3 N–H and O–H groups in total. The van der Waals surface area contributed by atoms with Crippen molar-refractivity contribution in [2.45, 2.75) is 26.3 Å². The molecule has 0 heterocycles. The summed E-state index contributed by atoms with van der Waals surface area (Å²) in [6.45, 7) is 3.85. The fraction of sp³-hybridized carbons (Fsp3) is 0.417. The standard InChI is InChI=1S/C12H16BrFN2O.ClH/c1-3-7(2)11(15)12(17)16-10-5-4-8(13)6-9(10)14;/h4-7,11H,3,15H2,1-2H3,(H,16,17);1H. The SMILES string of the molecule is CCC(C)C(N)C(=O)Nc1ccc(Br)cc1F.Cl. The highest BCUT2D eigenvalue weighted by Crippen LogP contribution is 2.20. The largest absolute Gasteiger partial charge is 0.322 e. The monoisotopic (exact) mass is 338 g/mol. The summed E-state index contributed by atoms with van der Waals surface area (Å²) in [5.74, 6) is -0.779. The van der Waals surface area contributed by atoms with E-state index in [1.807, 2.05) is 13.8 Å². The minimum Gasteiger partial charge on any atom is -0.322 e. The Balaban J connectivity index is 0.00000289. The zero-order valence-electron chi connectivity index (χ0n) is 10.2. The predicted octanol–water partition coefficient (Wildman–Crippen LogP) is 3.32. The van der Waals surface area contributed by atoms with Gasteiger partial charge in [0.15, 0.2) is 0 Å². The maximum atomic E-state index is 13.5. The number of benzene rings is 1. The van der Waals surface area contributed by atoms with Gasteiger partial charge in [0.25, 0.3) is 0 Å². The van der Waals surface area contributed by atoms with Crippen LogP contribution in [0.3, 0.4) is 0 Å². The minimum atomic E-state index is -0.622. The summed E-state index contributed by atoms with van der Waals surface area (Å²) in [6.07, 6.45) is 0.803. The van der Waals surface area contributed by atoms with E-state index in [1.54, 1.807) is 6.07 Å². The van der Waals surface area contributed by atoms with Crippen LogP contribution < -0.4 is 11.1 Å². The summed E-state index contributed by atoms with van der Waals surface area (Å²) < 4.78 is 14.1. The maximum Gasteiger partial charge on any atom is 0.241 e. The molecular weight excluding hydrogens is 322 g/mol. The molecule has 102 valence electrons. The van der Waals surface area contributed by atoms with Gasteiger partial charge in [0.05, 0.1) is 11.7 Å². The zero-order valence-corrected chi connectivity index (χ0v) is 12.6. The highest BCUT2D eigenvalue weighted by Gasteiger charge is 2.20. The molecule has 1 amide bonds. The second-order valence-corrected chi connectivity index (χ2v) is 4.94. The smallest absolute Gasteiger partial charge is 0.241 e. The fourth-order valence-electron chi connectivity index (χ4n) is 1.32. The third-order valence-electron chi connectivity index (χ3n) is 2.75. The quantitative estimate of drug-likeness (QED) is 0.884. The molecule has 3 nitrogen and oxygen atoms in total. The first-order valence-corrected chi connectivity index (χ1v) is 6.26. The third kappa shape index (κ3) is 4.55. The number of carbonyl (C=O) groups excluding carboxylic acids is 1. The summed E-state index contributed by atoms with van der Waals surface area (Å²) in [4.78, 5) is 11.7. The first-order chi connectivity index (χ1) is 7.95. The second kappa shape index (κ2) is 7.71. The lowest BCUT2D eigenvalue weighted by atomic mass is 9.99. The molecule has 0 radical (unpaired) electrons. The zero-order chi connectivity index (χ0) is 13.0. The molecule has 1 aromatic carbocycles. The lowest BCUT2D eigenvalue weighted by Gasteiger charge is -2.17. The van der Waals surface area contributed by atoms with E-state index in [-0.39, 0.29) is 29.9 Å². The number of amides is 1. The van der Waals surface area contributed by atoms with Gasteiger partial charge in [0, 0.05) is 4.47 Å². The average molecular weight is 340 g/mol. The highest BCUT2D eigenvalue weighted by molar-refractivity contribution is 9.10. The maximum absolute atomic E-state index is 13.5. The fourth-order valence-corrected chi connectivity index (χ4v) is 1.65. The molecule has 1 aromatic rings. The van der Waals surface area contributed by atoms with E-state index >= 15 is 0 Å². The Morgan fingerprint density at radius 2 is 2.17 bits per heavy atom. The van der Waals surface area contributed by atoms with Gasteiger partial charge < -0.3 is 11.1 Å². The number of anilines is 1. The van der Waals surface area contributed by atoms with Crippen LogP contribution in [0.4, 0.5) is 10.1 Å². The van der Waals surface area contributed by atoms with Crippen LogP contribution in [0.1, 0.15) is 20.3 Å². The Kier molecular flexibility index (Phi) is 7.43. The van der Waals surface area contributed by atoms with Crippen LogP contribution in [0.25, 0.3) is 0 Å². The number of hydrogen-bond acceptors (Lipinski definition) is 2. The predicted molar refractivity (Wildman–Crippen MR) is 77.4 cm³/mol. The first kappa shape index (κ1) is 17.4. The van der Waals surface area contributed by atoms with E-state index in [4.69, 9.17) is 5.73 Å². The molecule has 2 unspecified atom stereocenters. The summed E-state index contributed by atoms with van der Waals surface area (Å²) >= 11 is 3.15. The van der Waals surface area contributed by atoms with Crippen molar-refractivity contribution in [1.82, 2.24) is 0 Å². The van der Waals surface area contributed by atoms with Gasteiger partial charge in [-0.1, -0.05) is 36.2 Å². The van der Waals surface area contributed by atoms with Crippen molar-refractivity contribution in [2.75, 3.05) is 5.32 Å². The Morgan fingerprint density at radius 3 is 2.67 bits per heavy atom. The van der Waals surface area contributed by atoms with Gasteiger partial charge in [0.1, 0.15) is 5.82 Å². The summed E-state index contributed by atoms with van der Waals surface area (Å²) in [7, 11) is 0. The van der Waals surface area contributed by atoms with Gasteiger partial charge in [0.2, 0.25) is 5.91 Å². The van der Waals surface area contributed by atoms with Crippen molar-refractivity contribution in [3.8, 4) is 0 Å². The molecule has 2 atom stereocenters. The molecule has 0 saturated carbocycles. The first-order valence-electron chi connectivity index (χ1n) is 5.47. The lowest BCUT2D eigenvalue weighted by molar-refractivity contribution is -0.118. The Labute approximate surface area is 121 Å². The molecule has 18 heavy (non-hydrogen) atoms. The Bertz CT molecular complexity index is 417. The van der Waals surface area contributed by atoms with E-state index < -0.39 is 11.9 Å². The topological polar surface area (TPSA) is 55.1 Å². The van der Waals surface area contributed by atoms with Crippen LogP contribution in [0, 0.1) is 11.7 Å². The molecule has 0 aliphatic heterocycles. The Morgan fingerprint density at radius 1 is 1.56 bits per heavy atom. The number of halogens is 3. The van der Waals surface area contributed by atoms with Crippen LogP contribution in [-0.4, -0.2) is 11.9 Å². The van der Waals surface area contributed by atoms with Gasteiger partial charge in [-0.25, -0.2) is 4.39 Å². The van der Waals surface area contributed by atoms with Crippen molar-refractivity contribution in [1.29, 1.82) is 0 Å². The van der Waals surface area contributed by atoms with E-state index in [0.29, 0.717) is 4.47 Å². The second-order valence-electron chi connectivity index (χ2n) is 4.02. The summed E-state index contributed by atoms with van der Waals surface area (Å²) in [5, 5.41) is 2.49. The van der Waals surface area contributed by atoms with E-state index in [9.17, 15) is 9.18 Å². The molecule has 0 fully saturated rings. The van der Waals surface area contributed by atoms with Crippen LogP contribution >= 0.6 is 28.3 Å². The normalized spacial score (nSPS) is 13.4. The van der Waals surface area contributed by atoms with E-state index in [1.165, 1.54) is 12.1 Å². The van der Waals surface area contributed by atoms with Gasteiger partial charge >= 0.3 is 0 Å². The molecule has 6 heteroatoms. The van der Waals surface area contributed by atoms with Gasteiger partial charge in [-0.15, -0.1) is 12.4 Å². The molecule has 0 aliphatic carbocycles. The van der Waals surface area contributed by atoms with Crippen LogP contribution in [-0.2, 0) is 4.79 Å². The lowest BCUT2D eigenvalue weighted by Crippen LogP contribution is -2.40. The number of nitrogens with one attached hydrogen (secondary N) is 1. The van der Waals surface area contributed by atoms with Gasteiger partial charge in [-0.3, -0.25) is 4.79 Å². The molecule has 1 rings (SSSR count). The van der Waals surface area contributed by atoms with Crippen LogP contribution in [0.2, 0.25) is 0 Å². The summed E-state index contributed by atoms with van der Waals surface area (Å²) in [6, 6.07) is 3.83. The molecule has 0 aliphatic rings. The van der Waals surface area contributed by atoms with E-state index in [2.05, 4.69) is 21.2 Å². The number of carbonyl (C=O) groups is 1. The van der Waals surface area contributed by atoms with Crippen molar-refractivity contribution in [3.63, 3.8) is 0 Å². The van der Waals surface area contributed by atoms with Crippen LogP contribution in [0.5, 0.6) is 0 Å². The van der Waals surface area contributed by atoms with E-state index in [0.717, 1.165) is 6.42 Å². The molecular formula is C12H17BrClFN2O. The highest BCUT2D eigenvalue weighted by atomic mass is 79.9. The Hall–Kier alpha value is -0.650. The van der Waals surface area contributed by atoms with Gasteiger partial charge in [-0.05, 0) is 24.1 Å². The van der Waals surface area contributed by atoms with Gasteiger partial charge in [-0.2, -0.15) is 0 Å². The summed E-state index contributed by atoms with van der Waals surface area (Å²) in [5.41, 5.74) is 5.91. The number of hydrogen-bond donors (Lipinski definition) is 2. The van der Waals surface area contributed by atoms with Crippen molar-refractivity contribution in [3.05, 3.63) is 28.5 Å². The molecule has 0 bridgehead atoms. The van der Waals surface area contributed by atoms with Crippen molar-refractivity contribution < 1.29 is 9.18 Å². The van der Waals surface area contributed by atoms with Crippen LogP contribution in [0.15, 0.2) is 22.7 Å². The number of nitrogens with two attached hydrogens (primary N) is 1. The molecule has 0 saturated heterocycles. The van der Waals surface area contributed by atoms with Crippen molar-refractivity contribution >= 4 is 39.9 Å².